The summed E-state index contributed by atoms with van der Waals surface area (Å²) in [6.07, 6.45) is 3.81. The standard InChI is InChI=1S/C22H21N3O/c1-14-15-9-10-19-20(16(15)11-12-23-14)24-13-22(26-19)21(2,3)17-7-5-6-8-18(17)25(22)4/h5-13H,1-4H3. The maximum Gasteiger partial charge on any atom is 0.228 e. The van der Waals surface area contributed by atoms with Crippen molar-refractivity contribution < 1.29 is 4.74 Å². The normalized spacial score (nSPS) is 22.4. The number of benzene rings is 2. The molecule has 26 heavy (non-hydrogen) atoms. The number of aliphatic imine (C=N–C) groups is 1. The van der Waals surface area contributed by atoms with Crippen LogP contribution in [0.1, 0.15) is 25.1 Å². The first-order chi connectivity index (χ1) is 12.5. The lowest BCUT2D eigenvalue weighted by Crippen LogP contribution is -2.61. The van der Waals surface area contributed by atoms with Crippen molar-refractivity contribution in [1.29, 1.82) is 0 Å². The van der Waals surface area contributed by atoms with Gasteiger partial charge in [-0.3, -0.25) is 9.98 Å². The minimum Gasteiger partial charge on any atom is -0.459 e. The zero-order chi connectivity index (χ0) is 18.1. The van der Waals surface area contributed by atoms with Crippen LogP contribution < -0.4 is 9.64 Å². The highest BCUT2D eigenvalue weighted by atomic mass is 16.5. The molecule has 5 rings (SSSR count). The molecular formula is C22H21N3O. The van der Waals surface area contributed by atoms with Crippen LogP contribution >= 0.6 is 0 Å². The van der Waals surface area contributed by atoms with E-state index in [1.54, 1.807) is 0 Å². The van der Waals surface area contributed by atoms with E-state index in [4.69, 9.17) is 9.73 Å². The largest absolute Gasteiger partial charge is 0.459 e. The summed E-state index contributed by atoms with van der Waals surface area (Å²) in [4.78, 5) is 11.5. The average molecular weight is 343 g/mol. The number of likely N-dealkylation sites (N-methyl/N-ethyl adjacent to an activating group) is 1. The molecule has 1 spiro atoms. The molecule has 0 saturated carbocycles. The number of rotatable bonds is 0. The van der Waals surface area contributed by atoms with Crippen molar-refractivity contribution in [2.45, 2.75) is 31.9 Å². The summed E-state index contributed by atoms with van der Waals surface area (Å²) in [5.41, 5.74) is 3.49. The molecule has 3 aromatic rings. The van der Waals surface area contributed by atoms with Gasteiger partial charge in [0, 0.05) is 35.4 Å². The van der Waals surface area contributed by atoms with E-state index in [9.17, 15) is 0 Å². The van der Waals surface area contributed by atoms with Gasteiger partial charge in [-0.15, -0.1) is 0 Å². The molecule has 0 N–H and O–H groups in total. The fraction of sp³-hybridized carbons (Fsp3) is 0.273. The molecule has 4 heteroatoms. The van der Waals surface area contributed by atoms with Gasteiger partial charge in [0.25, 0.3) is 0 Å². The lowest BCUT2D eigenvalue weighted by atomic mass is 9.77. The highest BCUT2D eigenvalue weighted by Gasteiger charge is 2.58. The van der Waals surface area contributed by atoms with Crippen molar-refractivity contribution in [2.75, 3.05) is 11.9 Å². The van der Waals surface area contributed by atoms with E-state index in [0.717, 1.165) is 27.9 Å². The number of pyridine rings is 1. The number of aromatic nitrogens is 1. The summed E-state index contributed by atoms with van der Waals surface area (Å²) in [7, 11) is 2.08. The average Bonchev–Trinajstić information content (AvgIpc) is 2.81. The van der Waals surface area contributed by atoms with Gasteiger partial charge in [0.2, 0.25) is 5.72 Å². The second-order valence-electron chi connectivity index (χ2n) is 7.66. The first kappa shape index (κ1) is 15.4. The number of para-hydroxylation sites is 1. The quantitative estimate of drug-likeness (QED) is 0.590. The third kappa shape index (κ3) is 1.69. The summed E-state index contributed by atoms with van der Waals surface area (Å²) in [5.74, 6) is 0.818. The van der Waals surface area contributed by atoms with E-state index in [2.05, 4.69) is 61.1 Å². The summed E-state index contributed by atoms with van der Waals surface area (Å²) in [6, 6.07) is 14.6. The van der Waals surface area contributed by atoms with Gasteiger partial charge in [-0.1, -0.05) is 18.2 Å². The lowest BCUT2D eigenvalue weighted by molar-refractivity contribution is 0.0826. The SMILES string of the molecule is Cc1nccc2c3c(ccc12)OC1(C=N3)N(C)c2ccccc2C1(C)C. The molecule has 2 aromatic carbocycles. The van der Waals surface area contributed by atoms with E-state index in [1.807, 2.05) is 31.5 Å². The molecule has 0 fully saturated rings. The van der Waals surface area contributed by atoms with Gasteiger partial charge in [-0.25, -0.2) is 0 Å². The van der Waals surface area contributed by atoms with Crippen molar-refractivity contribution in [1.82, 2.24) is 4.98 Å². The van der Waals surface area contributed by atoms with E-state index in [0.29, 0.717) is 0 Å². The van der Waals surface area contributed by atoms with Crippen LogP contribution in [0.3, 0.4) is 0 Å². The first-order valence-electron chi connectivity index (χ1n) is 8.92. The summed E-state index contributed by atoms with van der Waals surface area (Å²) >= 11 is 0. The number of hydrogen-bond donors (Lipinski definition) is 0. The third-order valence-corrected chi connectivity index (χ3v) is 6.05. The molecule has 1 unspecified atom stereocenters. The molecule has 0 aliphatic carbocycles. The zero-order valence-corrected chi connectivity index (χ0v) is 15.4. The number of nitrogens with zero attached hydrogens (tertiary/aromatic N) is 3. The Morgan fingerprint density at radius 3 is 2.62 bits per heavy atom. The molecule has 0 saturated heterocycles. The molecule has 2 aliphatic rings. The Labute approximate surface area is 153 Å². The molecule has 2 aliphatic heterocycles. The summed E-state index contributed by atoms with van der Waals surface area (Å²) in [6.45, 7) is 6.47. The molecule has 0 radical (unpaired) electrons. The smallest absolute Gasteiger partial charge is 0.228 e. The summed E-state index contributed by atoms with van der Waals surface area (Å²) < 4.78 is 6.69. The van der Waals surface area contributed by atoms with Crippen LogP contribution in [-0.2, 0) is 5.41 Å². The predicted octanol–water partition coefficient (Wildman–Crippen LogP) is 4.76. The molecule has 130 valence electrons. The van der Waals surface area contributed by atoms with Crippen LogP contribution in [-0.4, -0.2) is 24.0 Å². The van der Waals surface area contributed by atoms with Crippen LogP contribution in [0, 0.1) is 6.92 Å². The van der Waals surface area contributed by atoms with Crippen molar-refractivity contribution in [3.05, 3.63) is 59.9 Å². The Bertz CT molecular complexity index is 1090. The highest BCUT2D eigenvalue weighted by Crippen LogP contribution is 2.54. The Morgan fingerprint density at radius 1 is 1.00 bits per heavy atom. The second kappa shape index (κ2) is 4.85. The Balaban J connectivity index is 1.72. The Kier molecular flexibility index (Phi) is 2.87. The van der Waals surface area contributed by atoms with Crippen molar-refractivity contribution >= 4 is 28.4 Å². The van der Waals surface area contributed by atoms with Crippen LogP contribution in [0.25, 0.3) is 10.8 Å². The van der Waals surface area contributed by atoms with E-state index < -0.39 is 5.72 Å². The van der Waals surface area contributed by atoms with Crippen molar-refractivity contribution in [3.63, 3.8) is 0 Å². The topological polar surface area (TPSA) is 37.7 Å². The minimum atomic E-state index is -0.639. The Morgan fingerprint density at radius 2 is 1.81 bits per heavy atom. The molecular weight excluding hydrogens is 322 g/mol. The summed E-state index contributed by atoms with van der Waals surface area (Å²) in [5, 5.41) is 2.20. The van der Waals surface area contributed by atoms with Gasteiger partial charge in [0.15, 0.2) is 0 Å². The van der Waals surface area contributed by atoms with E-state index >= 15 is 0 Å². The van der Waals surface area contributed by atoms with Gasteiger partial charge >= 0.3 is 0 Å². The molecule has 1 atom stereocenters. The van der Waals surface area contributed by atoms with Gasteiger partial charge in [0.05, 0.1) is 11.6 Å². The molecule has 3 heterocycles. The maximum atomic E-state index is 6.69. The van der Waals surface area contributed by atoms with Gasteiger partial charge < -0.3 is 9.64 Å². The molecule has 4 nitrogen and oxygen atoms in total. The zero-order valence-electron chi connectivity index (χ0n) is 15.4. The fourth-order valence-electron chi connectivity index (χ4n) is 4.46. The van der Waals surface area contributed by atoms with E-state index in [1.165, 1.54) is 11.3 Å². The number of ether oxygens (including phenoxy) is 1. The highest BCUT2D eigenvalue weighted by molar-refractivity contribution is 6.00. The molecule has 0 bridgehead atoms. The third-order valence-electron chi connectivity index (χ3n) is 6.05. The van der Waals surface area contributed by atoms with Gasteiger partial charge in [-0.05, 0) is 50.6 Å². The molecule has 0 amide bonds. The van der Waals surface area contributed by atoms with Crippen molar-refractivity contribution in [2.24, 2.45) is 4.99 Å². The number of aryl methyl sites for hydroxylation is 1. The van der Waals surface area contributed by atoms with Crippen LogP contribution in [0.5, 0.6) is 5.75 Å². The number of hydrogen-bond acceptors (Lipinski definition) is 4. The lowest BCUT2D eigenvalue weighted by Gasteiger charge is -2.45. The van der Waals surface area contributed by atoms with E-state index in [-0.39, 0.29) is 5.41 Å². The molecule has 1 aromatic heterocycles. The second-order valence-corrected chi connectivity index (χ2v) is 7.66. The van der Waals surface area contributed by atoms with Crippen molar-refractivity contribution in [3.8, 4) is 5.75 Å². The minimum absolute atomic E-state index is 0.233. The maximum absolute atomic E-state index is 6.69. The number of fused-ring (bicyclic) bond motifs is 4. The fourth-order valence-corrected chi connectivity index (χ4v) is 4.46. The first-order valence-corrected chi connectivity index (χ1v) is 8.92. The van der Waals surface area contributed by atoms with Gasteiger partial charge in [-0.2, -0.15) is 0 Å². The van der Waals surface area contributed by atoms with Crippen LogP contribution in [0.15, 0.2) is 53.7 Å². The Hall–Kier alpha value is -2.88. The van der Waals surface area contributed by atoms with Crippen LogP contribution in [0.4, 0.5) is 11.4 Å². The van der Waals surface area contributed by atoms with Crippen LogP contribution in [0.2, 0.25) is 0 Å². The monoisotopic (exact) mass is 343 g/mol. The van der Waals surface area contributed by atoms with Gasteiger partial charge in [0.1, 0.15) is 11.4 Å². The predicted molar refractivity (Wildman–Crippen MR) is 106 cm³/mol. The number of anilines is 1.